The molecule has 0 saturated carbocycles. The molecule has 5 heteroatoms. The molecule has 0 aliphatic heterocycles. The molecule has 1 atom stereocenters. The van der Waals surface area contributed by atoms with Crippen molar-refractivity contribution in [3.05, 3.63) is 35.9 Å². The van der Waals surface area contributed by atoms with Crippen LogP contribution < -0.4 is 0 Å². The molecule has 3 nitrogen and oxygen atoms in total. The van der Waals surface area contributed by atoms with Crippen LogP contribution in [0.1, 0.15) is 5.56 Å². The lowest BCUT2D eigenvalue weighted by molar-refractivity contribution is -0.142. The number of ether oxygens (including phenoxy) is 1. The quantitative estimate of drug-likeness (QED) is 0.482. The number of benzene rings is 1. The predicted molar refractivity (Wildman–Crippen MR) is 71.5 cm³/mol. The lowest BCUT2D eigenvalue weighted by atomic mass is 10.2. The van der Waals surface area contributed by atoms with E-state index in [4.69, 9.17) is 4.52 Å². The molecule has 0 bridgehead atoms. The van der Waals surface area contributed by atoms with Crippen molar-refractivity contribution in [1.29, 1.82) is 0 Å². The number of methoxy groups -OCH3 is 1. The third kappa shape index (κ3) is 10.1. The van der Waals surface area contributed by atoms with E-state index >= 15 is 0 Å². The monoisotopic (exact) mass is 340 g/mol. The molecule has 1 aromatic carbocycles. The van der Waals surface area contributed by atoms with Gasteiger partial charge in [-0.15, -0.1) is 0 Å². The Balaban J connectivity index is 0.000000262. The van der Waals surface area contributed by atoms with Crippen molar-refractivity contribution in [2.24, 2.45) is 0 Å². The van der Waals surface area contributed by atoms with Gasteiger partial charge in [0, 0.05) is 0 Å². The highest BCUT2D eigenvalue weighted by Gasteiger charge is 1.95. The van der Waals surface area contributed by atoms with E-state index < -0.39 is 0 Å². The Morgan fingerprint density at radius 3 is 2.33 bits per heavy atom. The molecule has 0 amide bonds. The number of hydrogen-bond donors (Lipinski definition) is 0. The van der Waals surface area contributed by atoms with E-state index in [9.17, 15) is 4.79 Å². The number of hydrogen-bond acceptors (Lipinski definition) is 3. The van der Waals surface area contributed by atoms with Gasteiger partial charge in [0.05, 0.1) is 13.6 Å². The standard InChI is InChI=1S/C7H8.C3H6IO3P/c1-7-5-3-2-4-6-7;1-6-3(5)2-7-8-4/h2-6H,1H3;8H,2H2,1H3. The fraction of sp³-hybridized carbons (Fsp3) is 0.300. The molecule has 1 aromatic rings. The number of esters is 1. The molecule has 0 N–H and O–H groups in total. The van der Waals surface area contributed by atoms with Gasteiger partial charge in [-0.05, 0) is 29.0 Å². The maximum absolute atomic E-state index is 10.2. The van der Waals surface area contributed by atoms with Crippen LogP contribution in [0.15, 0.2) is 30.3 Å². The lowest BCUT2D eigenvalue weighted by Gasteiger charge is -1.95. The van der Waals surface area contributed by atoms with Crippen LogP contribution >= 0.6 is 28.5 Å². The Kier molecular flexibility index (Phi) is 10.2. The number of aryl methyl sites for hydroxylation is 1. The third-order valence-electron chi connectivity index (χ3n) is 1.41. The first-order chi connectivity index (χ1) is 7.20. The Morgan fingerprint density at radius 1 is 1.40 bits per heavy atom. The van der Waals surface area contributed by atoms with Crippen LogP contribution in [0.25, 0.3) is 0 Å². The second-order valence-corrected chi connectivity index (χ2v) is 4.36. The van der Waals surface area contributed by atoms with E-state index in [2.05, 4.69) is 23.8 Å². The molecule has 0 heterocycles. The van der Waals surface area contributed by atoms with E-state index in [1.165, 1.54) is 12.7 Å². The van der Waals surface area contributed by atoms with Gasteiger partial charge in [0.1, 0.15) is 6.61 Å². The van der Waals surface area contributed by atoms with Crippen LogP contribution in [0.2, 0.25) is 0 Å². The first-order valence-corrected chi connectivity index (χ1v) is 8.28. The number of carbonyl (C=O) groups is 1. The SMILES string of the molecule is COC(=O)COPI.Cc1ccccc1. The van der Waals surface area contributed by atoms with Gasteiger partial charge in [-0.1, -0.05) is 35.9 Å². The smallest absolute Gasteiger partial charge is 0.332 e. The molecule has 1 unspecified atom stereocenters. The lowest BCUT2D eigenvalue weighted by Crippen LogP contribution is -2.05. The van der Waals surface area contributed by atoms with E-state index in [1.807, 2.05) is 40.2 Å². The van der Waals surface area contributed by atoms with Crippen LogP contribution in [-0.2, 0) is 14.1 Å². The second-order valence-electron chi connectivity index (χ2n) is 2.60. The molecule has 0 spiro atoms. The fourth-order valence-corrected chi connectivity index (χ4v) is 1.32. The molecule has 0 aliphatic rings. The second kappa shape index (κ2) is 10.3. The van der Waals surface area contributed by atoms with E-state index in [0.29, 0.717) is 6.45 Å². The molecule has 0 radical (unpaired) electrons. The van der Waals surface area contributed by atoms with Crippen molar-refractivity contribution in [2.75, 3.05) is 13.7 Å². The summed E-state index contributed by atoms with van der Waals surface area (Å²) >= 11 is 2.03. The zero-order valence-corrected chi connectivity index (χ0v) is 11.9. The van der Waals surface area contributed by atoms with E-state index in [-0.39, 0.29) is 12.6 Å². The average molecular weight is 340 g/mol. The third-order valence-corrected chi connectivity index (χ3v) is 2.60. The van der Waals surface area contributed by atoms with Crippen molar-refractivity contribution in [3.63, 3.8) is 0 Å². The molecule has 0 aromatic heterocycles. The maximum atomic E-state index is 10.2. The maximum Gasteiger partial charge on any atom is 0.332 e. The van der Waals surface area contributed by atoms with Gasteiger partial charge in [-0.25, -0.2) is 4.79 Å². The van der Waals surface area contributed by atoms with Crippen molar-refractivity contribution < 1.29 is 14.1 Å². The zero-order valence-electron chi connectivity index (χ0n) is 8.70. The molecule has 0 fully saturated rings. The van der Waals surface area contributed by atoms with Gasteiger partial charge in [0.15, 0.2) is 0 Å². The predicted octanol–water partition coefficient (Wildman–Crippen LogP) is 3.11. The van der Waals surface area contributed by atoms with Gasteiger partial charge in [0.2, 0.25) is 0 Å². The largest absolute Gasteiger partial charge is 0.467 e. The van der Waals surface area contributed by atoms with Crippen molar-refractivity contribution in [2.45, 2.75) is 6.92 Å². The first kappa shape index (κ1) is 14.8. The Bertz CT molecular complexity index is 267. The van der Waals surface area contributed by atoms with Gasteiger partial charge in [0.25, 0.3) is 0 Å². The molecule has 0 saturated heterocycles. The number of halogens is 1. The summed E-state index contributed by atoms with van der Waals surface area (Å²) in [6.07, 6.45) is 0. The summed E-state index contributed by atoms with van der Waals surface area (Å²) in [7, 11) is 1.34. The molecule has 1 rings (SSSR count). The summed E-state index contributed by atoms with van der Waals surface area (Å²) < 4.78 is 9.02. The van der Waals surface area contributed by atoms with Gasteiger partial charge < -0.3 is 9.26 Å². The Labute approximate surface area is 105 Å². The Hall–Kier alpha value is -0.190. The van der Waals surface area contributed by atoms with E-state index in [1.54, 1.807) is 0 Å². The summed E-state index contributed by atoms with van der Waals surface area (Å²) in [6.45, 7) is 2.47. The fourth-order valence-electron chi connectivity index (χ4n) is 0.680. The highest BCUT2D eigenvalue weighted by atomic mass is 127. The van der Waals surface area contributed by atoms with Crippen LogP contribution in [-0.4, -0.2) is 19.7 Å². The normalized spacial score (nSPS) is 9.53. The van der Waals surface area contributed by atoms with Crippen molar-refractivity contribution in [1.82, 2.24) is 0 Å². The van der Waals surface area contributed by atoms with Gasteiger partial charge in [-0.2, -0.15) is 0 Å². The molecular formula is C10H14IO3P. The summed E-state index contributed by atoms with van der Waals surface area (Å²) in [5, 5.41) is 0. The zero-order chi connectivity index (χ0) is 11.5. The van der Waals surface area contributed by atoms with Crippen LogP contribution in [0, 0.1) is 6.92 Å². The molecule has 0 aliphatic carbocycles. The van der Waals surface area contributed by atoms with Gasteiger partial charge >= 0.3 is 5.97 Å². The highest BCUT2D eigenvalue weighted by molar-refractivity contribution is 14.2. The Morgan fingerprint density at radius 2 is 2.00 bits per heavy atom. The summed E-state index contributed by atoms with van der Waals surface area (Å²) in [6, 6.07) is 10.3. The summed E-state index contributed by atoms with van der Waals surface area (Å²) in [4.78, 5) is 10.2. The first-order valence-electron chi connectivity index (χ1n) is 4.26. The molecule has 15 heavy (non-hydrogen) atoms. The minimum Gasteiger partial charge on any atom is -0.467 e. The average Bonchev–Trinajstić information content (AvgIpc) is 2.28. The minimum absolute atomic E-state index is 0.0673. The van der Waals surface area contributed by atoms with Crippen LogP contribution in [0.5, 0.6) is 0 Å². The highest BCUT2D eigenvalue weighted by Crippen LogP contribution is 2.20. The topological polar surface area (TPSA) is 35.5 Å². The molecule has 84 valence electrons. The van der Waals surface area contributed by atoms with Crippen LogP contribution in [0.3, 0.4) is 0 Å². The minimum atomic E-state index is -0.325. The van der Waals surface area contributed by atoms with Crippen molar-refractivity contribution >= 4 is 34.5 Å². The number of carbonyl (C=O) groups excluding carboxylic acids is 1. The summed E-state index contributed by atoms with van der Waals surface area (Å²) in [5.74, 6) is -0.325. The molecular weight excluding hydrogens is 326 g/mol. The van der Waals surface area contributed by atoms with Crippen molar-refractivity contribution in [3.8, 4) is 0 Å². The van der Waals surface area contributed by atoms with Crippen LogP contribution in [0.4, 0.5) is 0 Å². The number of rotatable bonds is 3. The van der Waals surface area contributed by atoms with Gasteiger partial charge in [-0.3, -0.25) is 0 Å². The van der Waals surface area contributed by atoms with E-state index in [0.717, 1.165) is 0 Å². The summed E-state index contributed by atoms with van der Waals surface area (Å²) in [5.41, 5.74) is 1.32.